The molecule has 0 fully saturated rings. The van der Waals surface area contributed by atoms with Gasteiger partial charge in [-0.1, -0.05) is 34.5 Å². The molecule has 0 saturated carbocycles. The van der Waals surface area contributed by atoms with Crippen molar-refractivity contribution in [2.24, 2.45) is 4.99 Å². The van der Waals surface area contributed by atoms with Crippen molar-refractivity contribution in [2.45, 2.75) is 18.4 Å². The van der Waals surface area contributed by atoms with Gasteiger partial charge in [-0.3, -0.25) is 4.79 Å². The van der Waals surface area contributed by atoms with Gasteiger partial charge >= 0.3 is 0 Å². The highest BCUT2D eigenvalue weighted by Gasteiger charge is 2.14. The van der Waals surface area contributed by atoms with Gasteiger partial charge in [0.05, 0.1) is 26.9 Å². The van der Waals surface area contributed by atoms with E-state index in [4.69, 9.17) is 27.9 Å². The molecule has 2 aromatic carbocycles. The van der Waals surface area contributed by atoms with Crippen LogP contribution in [-0.2, 0) is 11.3 Å². The van der Waals surface area contributed by atoms with Crippen LogP contribution in [0.4, 0.5) is 0 Å². The van der Waals surface area contributed by atoms with E-state index < -0.39 is 0 Å². The molecule has 0 spiro atoms. The van der Waals surface area contributed by atoms with Crippen molar-refractivity contribution >= 4 is 62.4 Å². The third-order valence-corrected chi connectivity index (χ3v) is 6.51. The number of benzene rings is 2. The Bertz CT molecular complexity index is 1030. The van der Waals surface area contributed by atoms with Crippen LogP contribution < -0.4 is 4.80 Å². The van der Waals surface area contributed by atoms with Crippen LogP contribution in [0.3, 0.4) is 0 Å². The summed E-state index contributed by atoms with van der Waals surface area (Å²) in [6, 6.07) is 10.9. The second kappa shape index (κ2) is 9.26. The Morgan fingerprint density at radius 3 is 2.56 bits per heavy atom. The predicted molar refractivity (Wildman–Crippen MR) is 114 cm³/mol. The third-order valence-electron chi connectivity index (χ3n) is 3.93. The molecular weight excluding hydrogens is 423 g/mol. The lowest BCUT2D eigenvalue weighted by molar-refractivity contribution is 0.0996. The Hall–Kier alpha value is -1.31. The number of hydrogen-bond donors (Lipinski definition) is 0. The lowest BCUT2D eigenvalue weighted by Crippen LogP contribution is -2.20. The van der Waals surface area contributed by atoms with Gasteiger partial charge in [-0.05, 0) is 49.6 Å². The number of aromatic nitrogens is 1. The van der Waals surface area contributed by atoms with E-state index in [1.807, 2.05) is 29.9 Å². The van der Waals surface area contributed by atoms with Crippen molar-refractivity contribution < 1.29 is 9.53 Å². The van der Waals surface area contributed by atoms with E-state index in [2.05, 4.69) is 4.99 Å². The first-order valence-corrected chi connectivity index (χ1v) is 11.1. The van der Waals surface area contributed by atoms with E-state index in [-0.39, 0.29) is 5.91 Å². The van der Waals surface area contributed by atoms with E-state index in [0.29, 0.717) is 40.2 Å². The molecule has 27 heavy (non-hydrogen) atoms. The molecule has 1 aromatic heterocycles. The molecule has 8 heteroatoms. The van der Waals surface area contributed by atoms with Gasteiger partial charge in [0, 0.05) is 23.6 Å². The Labute approximate surface area is 175 Å². The molecular formula is C19H18Cl2N2O2S2. The van der Waals surface area contributed by atoms with Crippen molar-refractivity contribution in [3.63, 3.8) is 0 Å². The normalized spacial score (nSPS) is 12.1. The van der Waals surface area contributed by atoms with Crippen molar-refractivity contribution in [3.8, 4) is 0 Å². The van der Waals surface area contributed by atoms with Crippen molar-refractivity contribution in [1.29, 1.82) is 0 Å². The number of thioether (sulfide) groups is 1. The molecule has 0 bridgehead atoms. The molecule has 0 radical (unpaired) electrons. The second-order valence-electron chi connectivity index (χ2n) is 5.59. The summed E-state index contributed by atoms with van der Waals surface area (Å²) >= 11 is 15.7. The highest BCUT2D eigenvalue weighted by atomic mass is 35.5. The number of carbonyl (C=O) groups excluding carboxylic acids is 1. The quantitative estimate of drug-likeness (QED) is 0.374. The highest BCUT2D eigenvalue weighted by molar-refractivity contribution is 7.98. The fourth-order valence-corrected chi connectivity index (χ4v) is 4.67. The van der Waals surface area contributed by atoms with Crippen molar-refractivity contribution in [2.75, 3.05) is 19.5 Å². The maximum absolute atomic E-state index is 12.7. The minimum absolute atomic E-state index is 0.299. The van der Waals surface area contributed by atoms with Gasteiger partial charge in [-0.25, -0.2) is 0 Å². The summed E-state index contributed by atoms with van der Waals surface area (Å²) < 4.78 is 8.19. The summed E-state index contributed by atoms with van der Waals surface area (Å²) in [6.07, 6.45) is 1.99. The molecule has 3 aromatic rings. The number of rotatable bonds is 6. The largest absolute Gasteiger partial charge is 0.380 e. The van der Waals surface area contributed by atoms with E-state index in [1.165, 1.54) is 11.3 Å². The number of hydrogen-bond acceptors (Lipinski definition) is 4. The number of thiazole rings is 1. The lowest BCUT2D eigenvalue weighted by atomic mass is 10.2. The fourth-order valence-electron chi connectivity index (χ4n) is 2.59. The van der Waals surface area contributed by atoms with Crippen LogP contribution in [0, 0.1) is 0 Å². The van der Waals surface area contributed by atoms with Crippen LogP contribution in [-0.4, -0.2) is 29.9 Å². The van der Waals surface area contributed by atoms with Crippen LogP contribution in [0.15, 0.2) is 46.3 Å². The van der Waals surface area contributed by atoms with Gasteiger partial charge in [0.15, 0.2) is 4.80 Å². The van der Waals surface area contributed by atoms with Gasteiger partial charge in [0.1, 0.15) is 0 Å². The monoisotopic (exact) mass is 440 g/mol. The summed E-state index contributed by atoms with van der Waals surface area (Å²) in [5, 5.41) is 1.16. The minimum Gasteiger partial charge on any atom is -0.380 e. The summed E-state index contributed by atoms with van der Waals surface area (Å²) in [7, 11) is 0. The Morgan fingerprint density at radius 1 is 1.19 bits per heavy atom. The fraction of sp³-hybridized carbons (Fsp3) is 0.263. The van der Waals surface area contributed by atoms with E-state index >= 15 is 0 Å². The zero-order valence-corrected chi connectivity index (χ0v) is 18.0. The zero-order chi connectivity index (χ0) is 19.4. The summed E-state index contributed by atoms with van der Waals surface area (Å²) in [5.41, 5.74) is 1.32. The summed E-state index contributed by atoms with van der Waals surface area (Å²) in [5.74, 6) is -0.299. The molecule has 142 valence electrons. The van der Waals surface area contributed by atoms with E-state index in [9.17, 15) is 4.79 Å². The Kier molecular flexibility index (Phi) is 7.00. The Morgan fingerprint density at radius 2 is 1.89 bits per heavy atom. The van der Waals surface area contributed by atoms with Crippen LogP contribution in [0.5, 0.6) is 0 Å². The number of amides is 1. The van der Waals surface area contributed by atoms with E-state index in [0.717, 1.165) is 15.1 Å². The van der Waals surface area contributed by atoms with Gasteiger partial charge in [0.2, 0.25) is 0 Å². The molecule has 0 saturated heterocycles. The van der Waals surface area contributed by atoms with Crippen LogP contribution in [0.1, 0.15) is 17.3 Å². The van der Waals surface area contributed by atoms with Gasteiger partial charge in [-0.15, -0.1) is 11.8 Å². The van der Waals surface area contributed by atoms with Gasteiger partial charge < -0.3 is 9.30 Å². The van der Waals surface area contributed by atoms with Crippen LogP contribution in [0.25, 0.3) is 10.2 Å². The first-order valence-electron chi connectivity index (χ1n) is 8.33. The molecule has 0 aliphatic heterocycles. The van der Waals surface area contributed by atoms with Crippen LogP contribution in [0.2, 0.25) is 10.0 Å². The SMILES string of the molecule is CCOCCn1c(=NC(=O)c2ccc(SC)cc2)sc2c(Cl)ccc(Cl)c21. The molecule has 4 nitrogen and oxygen atoms in total. The standard InChI is InChI=1S/C19H18Cl2N2O2S2/c1-3-25-11-10-23-16-14(20)8-9-15(21)17(16)27-19(23)22-18(24)12-4-6-13(26-2)7-5-12/h4-9H,3,10-11H2,1-2H3. The molecule has 3 rings (SSSR count). The van der Waals surface area contributed by atoms with E-state index in [1.54, 1.807) is 36.0 Å². The molecule has 0 atom stereocenters. The average molecular weight is 441 g/mol. The number of ether oxygens (including phenoxy) is 1. The summed E-state index contributed by atoms with van der Waals surface area (Å²) in [4.78, 5) is 18.7. The topological polar surface area (TPSA) is 43.6 Å². The summed E-state index contributed by atoms with van der Waals surface area (Å²) in [6.45, 7) is 3.58. The zero-order valence-electron chi connectivity index (χ0n) is 14.9. The van der Waals surface area contributed by atoms with Crippen LogP contribution >= 0.6 is 46.3 Å². The average Bonchev–Trinajstić information content (AvgIpc) is 3.04. The maximum atomic E-state index is 12.7. The minimum atomic E-state index is -0.299. The van der Waals surface area contributed by atoms with Crippen molar-refractivity contribution in [3.05, 3.63) is 56.8 Å². The molecule has 0 aliphatic carbocycles. The molecule has 0 N–H and O–H groups in total. The maximum Gasteiger partial charge on any atom is 0.279 e. The lowest BCUT2D eigenvalue weighted by Gasteiger charge is -2.07. The van der Waals surface area contributed by atoms with Gasteiger partial charge in [0.25, 0.3) is 5.91 Å². The molecule has 0 unspecified atom stereocenters. The first-order chi connectivity index (χ1) is 13.0. The molecule has 1 amide bonds. The number of nitrogens with zero attached hydrogens (tertiary/aromatic N) is 2. The molecule has 1 heterocycles. The number of carbonyl (C=O) groups is 1. The smallest absolute Gasteiger partial charge is 0.279 e. The Balaban J connectivity index is 2.09. The van der Waals surface area contributed by atoms with Gasteiger partial charge in [-0.2, -0.15) is 4.99 Å². The number of fused-ring (bicyclic) bond motifs is 1. The predicted octanol–water partition coefficient (Wildman–Crippen LogP) is 5.51. The number of halogens is 2. The highest BCUT2D eigenvalue weighted by Crippen LogP contribution is 2.31. The van der Waals surface area contributed by atoms with Crippen molar-refractivity contribution in [1.82, 2.24) is 4.57 Å². The molecule has 0 aliphatic rings. The second-order valence-corrected chi connectivity index (χ2v) is 8.26. The third kappa shape index (κ3) is 4.58. The first kappa shape index (κ1) is 20.4.